The predicted molar refractivity (Wildman–Crippen MR) is 62.0 cm³/mol. The molecule has 2 heterocycles. The van der Waals surface area contributed by atoms with Crippen molar-refractivity contribution in [3.05, 3.63) is 24.2 Å². The lowest BCUT2D eigenvalue weighted by Crippen LogP contribution is -2.08. The van der Waals surface area contributed by atoms with E-state index in [9.17, 15) is 4.79 Å². The molecule has 0 radical (unpaired) electrons. The van der Waals surface area contributed by atoms with E-state index in [1.807, 2.05) is 0 Å². The number of esters is 1. The fourth-order valence-electron chi connectivity index (χ4n) is 1.29. The van der Waals surface area contributed by atoms with Gasteiger partial charge in [0.05, 0.1) is 17.5 Å². The van der Waals surface area contributed by atoms with Gasteiger partial charge in [-0.25, -0.2) is 4.79 Å². The molecule has 0 saturated carbocycles. The van der Waals surface area contributed by atoms with Crippen LogP contribution in [-0.2, 0) is 4.74 Å². The third-order valence-corrected chi connectivity index (χ3v) is 2.15. The van der Waals surface area contributed by atoms with Gasteiger partial charge in [-0.2, -0.15) is 9.30 Å². The van der Waals surface area contributed by atoms with Crippen molar-refractivity contribution in [2.45, 2.75) is 6.92 Å². The maximum absolute atomic E-state index is 11.5. The van der Waals surface area contributed by atoms with E-state index in [4.69, 9.17) is 16.5 Å². The van der Waals surface area contributed by atoms with Crippen LogP contribution in [0, 0.1) is 0 Å². The molecule has 0 unspecified atom stereocenters. The van der Waals surface area contributed by atoms with E-state index in [0.29, 0.717) is 17.5 Å². The van der Waals surface area contributed by atoms with E-state index in [1.54, 1.807) is 19.2 Å². The van der Waals surface area contributed by atoms with Crippen molar-refractivity contribution in [2.24, 2.45) is 0 Å². The van der Waals surface area contributed by atoms with Crippen LogP contribution >= 0.6 is 24.2 Å². The number of aromatic nitrogens is 3. The van der Waals surface area contributed by atoms with Crippen LogP contribution in [0.15, 0.2) is 18.5 Å². The minimum Gasteiger partial charge on any atom is -0.461 e. The second-order valence-electron chi connectivity index (χ2n) is 2.82. The summed E-state index contributed by atoms with van der Waals surface area (Å²) in [5.41, 5.74) is 0.824. The number of hydrogen-bond acceptors (Lipinski definition) is 4. The summed E-state index contributed by atoms with van der Waals surface area (Å²) in [4.78, 5) is 15.5. The van der Waals surface area contributed by atoms with E-state index in [2.05, 4.69) is 10.1 Å². The molecule has 0 amide bonds. The Hall–Kier alpha value is -1.33. The Morgan fingerprint density at radius 1 is 1.62 bits per heavy atom. The van der Waals surface area contributed by atoms with Gasteiger partial charge in [-0.3, -0.25) is 4.98 Å². The molecule has 0 saturated heterocycles. The Labute approximate surface area is 103 Å². The van der Waals surface area contributed by atoms with Gasteiger partial charge < -0.3 is 4.74 Å². The van der Waals surface area contributed by atoms with Gasteiger partial charge in [-0.05, 0) is 13.0 Å². The first-order valence-electron chi connectivity index (χ1n) is 4.40. The average molecular weight is 262 g/mol. The second kappa shape index (κ2) is 5.14. The molecule has 2 rings (SSSR count). The molecule has 16 heavy (non-hydrogen) atoms. The molecule has 2 aromatic heterocycles. The van der Waals surface area contributed by atoms with E-state index in [1.165, 1.54) is 6.20 Å². The first-order valence-corrected chi connectivity index (χ1v) is 4.74. The van der Waals surface area contributed by atoms with Gasteiger partial charge in [0.2, 0.25) is 0 Å². The van der Waals surface area contributed by atoms with E-state index >= 15 is 0 Å². The normalized spacial score (nSPS) is 9.88. The summed E-state index contributed by atoms with van der Waals surface area (Å²) in [5, 5.41) is 4.55. The predicted octanol–water partition coefficient (Wildman–Crippen LogP) is 2.03. The second-order valence-corrected chi connectivity index (χ2v) is 3.14. The van der Waals surface area contributed by atoms with Crippen molar-refractivity contribution in [1.29, 1.82) is 0 Å². The van der Waals surface area contributed by atoms with Gasteiger partial charge in [-0.1, -0.05) is 0 Å². The van der Waals surface area contributed by atoms with E-state index < -0.39 is 5.97 Å². The molecule has 7 heteroatoms. The minimum atomic E-state index is -0.497. The fraction of sp³-hybridized carbons (Fsp3) is 0.222. The minimum absolute atomic E-state index is 0. The highest BCUT2D eigenvalue weighted by Crippen LogP contribution is 2.18. The molecule has 0 fully saturated rings. The molecule has 86 valence electrons. The Bertz CT molecular complexity index is 512. The molecular formula is C9H9Cl2N3O2. The number of ether oxygens (including phenoxy) is 1. The van der Waals surface area contributed by atoms with E-state index in [-0.39, 0.29) is 18.1 Å². The molecule has 5 nitrogen and oxygen atoms in total. The Kier molecular flexibility index (Phi) is 4.09. The quantitative estimate of drug-likeness (QED) is 0.777. The topological polar surface area (TPSA) is 57.0 Å². The summed E-state index contributed by atoms with van der Waals surface area (Å²) < 4.78 is 5.85. The van der Waals surface area contributed by atoms with Crippen LogP contribution in [0.1, 0.15) is 17.4 Å². The molecule has 0 spiro atoms. The molecule has 0 aliphatic rings. The van der Waals surface area contributed by atoms with Crippen LogP contribution in [0.5, 0.6) is 0 Å². The third-order valence-electron chi connectivity index (χ3n) is 1.90. The number of nitrogens with zero attached hydrogens (tertiary/aromatic N) is 3. The van der Waals surface area contributed by atoms with Gasteiger partial charge in [-0.15, -0.1) is 12.4 Å². The molecule has 0 bridgehead atoms. The third kappa shape index (κ3) is 2.10. The van der Waals surface area contributed by atoms with Crippen molar-refractivity contribution in [2.75, 3.05) is 6.61 Å². The van der Waals surface area contributed by atoms with Crippen LogP contribution in [0.25, 0.3) is 10.9 Å². The van der Waals surface area contributed by atoms with E-state index in [0.717, 1.165) is 4.20 Å². The largest absolute Gasteiger partial charge is 0.461 e. The van der Waals surface area contributed by atoms with Gasteiger partial charge in [0.25, 0.3) is 0 Å². The molecule has 0 atom stereocenters. The number of carbonyl (C=O) groups excluding carboxylic acids is 1. The highest BCUT2D eigenvalue weighted by molar-refractivity contribution is 6.19. The summed E-state index contributed by atoms with van der Waals surface area (Å²) in [7, 11) is 0. The Morgan fingerprint density at radius 2 is 2.38 bits per heavy atom. The first-order chi connectivity index (χ1) is 7.24. The monoisotopic (exact) mass is 261 g/mol. The zero-order valence-electron chi connectivity index (χ0n) is 8.38. The molecule has 0 N–H and O–H groups in total. The number of carbonyl (C=O) groups is 1. The number of hydrogen-bond donors (Lipinski definition) is 0. The Balaban J connectivity index is 0.00000128. The standard InChI is InChI=1S/C9H8ClN3O2.ClH/c1-2-15-9(14)8-6-5-11-4-3-7(6)12-13(8)10;/h3-5H,2H2,1H3;1H. The molecule has 0 aliphatic carbocycles. The zero-order valence-corrected chi connectivity index (χ0v) is 9.96. The fourth-order valence-corrected chi connectivity index (χ4v) is 1.53. The summed E-state index contributed by atoms with van der Waals surface area (Å²) >= 11 is 5.78. The number of fused-ring (bicyclic) bond motifs is 1. The smallest absolute Gasteiger partial charge is 0.358 e. The van der Waals surface area contributed by atoms with Gasteiger partial charge in [0.1, 0.15) is 0 Å². The van der Waals surface area contributed by atoms with Crippen LogP contribution in [0.3, 0.4) is 0 Å². The summed E-state index contributed by atoms with van der Waals surface area (Å²) in [6, 6.07) is 1.68. The molecule has 0 aromatic carbocycles. The van der Waals surface area contributed by atoms with Crippen LogP contribution in [-0.4, -0.2) is 26.9 Å². The molecule has 2 aromatic rings. The number of pyridine rings is 1. The summed E-state index contributed by atoms with van der Waals surface area (Å²) in [6.07, 6.45) is 3.12. The number of rotatable bonds is 2. The van der Waals surface area contributed by atoms with Crippen molar-refractivity contribution in [3.8, 4) is 0 Å². The van der Waals surface area contributed by atoms with Crippen LogP contribution in [0.4, 0.5) is 0 Å². The van der Waals surface area contributed by atoms with Crippen LogP contribution in [0.2, 0.25) is 0 Å². The first kappa shape index (κ1) is 12.7. The Morgan fingerprint density at radius 3 is 3.06 bits per heavy atom. The lowest BCUT2D eigenvalue weighted by Gasteiger charge is -1.99. The van der Waals surface area contributed by atoms with Gasteiger partial charge in [0, 0.05) is 24.2 Å². The SMILES string of the molecule is CCOC(=O)c1c2cnccc2nn1Cl.Cl. The molecular weight excluding hydrogens is 253 g/mol. The van der Waals surface area contributed by atoms with Crippen molar-refractivity contribution >= 4 is 41.1 Å². The van der Waals surface area contributed by atoms with Gasteiger partial charge in [0.15, 0.2) is 5.69 Å². The highest BCUT2D eigenvalue weighted by Gasteiger charge is 2.18. The van der Waals surface area contributed by atoms with Gasteiger partial charge >= 0.3 is 5.97 Å². The van der Waals surface area contributed by atoms with Crippen LogP contribution < -0.4 is 0 Å². The lowest BCUT2D eigenvalue weighted by atomic mass is 10.2. The maximum Gasteiger partial charge on any atom is 0.358 e. The lowest BCUT2D eigenvalue weighted by molar-refractivity contribution is 0.0520. The number of halogens is 2. The highest BCUT2D eigenvalue weighted by atomic mass is 35.5. The summed E-state index contributed by atoms with van der Waals surface area (Å²) in [6.45, 7) is 2.02. The average Bonchev–Trinajstić information content (AvgIpc) is 2.54. The van der Waals surface area contributed by atoms with Crippen molar-refractivity contribution in [3.63, 3.8) is 0 Å². The summed E-state index contributed by atoms with van der Waals surface area (Å²) in [5.74, 6) is -0.497. The van der Waals surface area contributed by atoms with Crippen molar-refractivity contribution in [1.82, 2.24) is 14.3 Å². The molecule has 0 aliphatic heterocycles. The zero-order chi connectivity index (χ0) is 10.8. The maximum atomic E-state index is 11.5. The van der Waals surface area contributed by atoms with Crippen molar-refractivity contribution < 1.29 is 9.53 Å².